The number of Topliss-reactive ketones (excluding diaryl/α,β-unsaturated/α-hetero) is 1. The van der Waals surface area contributed by atoms with E-state index in [2.05, 4.69) is 15.2 Å². The van der Waals surface area contributed by atoms with Gasteiger partial charge in [-0.25, -0.2) is 0 Å². The molecule has 1 amide bonds. The van der Waals surface area contributed by atoms with Gasteiger partial charge in [-0.3, -0.25) is 19.5 Å². The Hall–Kier alpha value is -1.75. The molecule has 19 heavy (non-hydrogen) atoms. The Balaban J connectivity index is 1.98. The van der Waals surface area contributed by atoms with Gasteiger partial charge in [0.1, 0.15) is 5.69 Å². The van der Waals surface area contributed by atoms with Gasteiger partial charge in [-0.15, -0.1) is 0 Å². The van der Waals surface area contributed by atoms with Crippen LogP contribution < -0.4 is 5.32 Å². The summed E-state index contributed by atoms with van der Waals surface area (Å²) in [5.74, 6) is -0.187. The lowest BCUT2D eigenvalue weighted by molar-refractivity contribution is -0.121. The SMILES string of the molecule is CCN1CCCC(NC(=O)c2ccccn2)C(=O)C1. The van der Waals surface area contributed by atoms with Gasteiger partial charge in [0.05, 0.1) is 12.6 Å². The molecule has 1 saturated heterocycles. The number of nitrogens with zero attached hydrogens (tertiary/aromatic N) is 2. The molecule has 1 unspecified atom stereocenters. The number of rotatable bonds is 3. The van der Waals surface area contributed by atoms with Crippen molar-refractivity contribution in [2.75, 3.05) is 19.6 Å². The number of likely N-dealkylation sites (tertiary alicyclic amines) is 1. The van der Waals surface area contributed by atoms with Crippen LogP contribution in [0.2, 0.25) is 0 Å². The predicted molar refractivity (Wildman–Crippen MR) is 71.8 cm³/mol. The monoisotopic (exact) mass is 261 g/mol. The Morgan fingerprint density at radius 2 is 2.37 bits per heavy atom. The third-order valence-corrected chi connectivity index (χ3v) is 3.39. The molecule has 2 rings (SSSR count). The molecule has 0 aliphatic carbocycles. The maximum atomic E-state index is 12.1. The van der Waals surface area contributed by atoms with Gasteiger partial charge in [-0.1, -0.05) is 13.0 Å². The average Bonchev–Trinajstić information content (AvgIpc) is 2.62. The fraction of sp³-hybridized carbons (Fsp3) is 0.500. The molecule has 1 aliphatic rings. The summed E-state index contributed by atoms with van der Waals surface area (Å²) in [6.07, 6.45) is 3.20. The standard InChI is InChI=1S/C14H19N3O2/c1-2-17-9-5-7-11(13(18)10-17)16-14(19)12-6-3-4-8-15-12/h3-4,6,8,11H,2,5,7,9-10H2,1H3,(H,16,19). The molecule has 1 atom stereocenters. The highest BCUT2D eigenvalue weighted by Crippen LogP contribution is 2.09. The fourth-order valence-corrected chi connectivity index (χ4v) is 2.24. The van der Waals surface area contributed by atoms with Crippen molar-refractivity contribution in [3.8, 4) is 0 Å². The van der Waals surface area contributed by atoms with Gasteiger partial charge in [-0.2, -0.15) is 0 Å². The van der Waals surface area contributed by atoms with Gasteiger partial charge in [0.25, 0.3) is 5.91 Å². The van der Waals surface area contributed by atoms with Crippen LogP contribution in [-0.4, -0.2) is 47.3 Å². The molecule has 1 N–H and O–H groups in total. The Bertz CT molecular complexity index is 447. The summed E-state index contributed by atoms with van der Waals surface area (Å²) in [5.41, 5.74) is 0.354. The van der Waals surface area contributed by atoms with Gasteiger partial charge >= 0.3 is 0 Å². The summed E-state index contributed by atoms with van der Waals surface area (Å²) in [6, 6.07) is 4.78. The molecule has 2 heterocycles. The first-order valence-corrected chi connectivity index (χ1v) is 6.67. The number of ketones is 1. The average molecular weight is 261 g/mol. The predicted octanol–water partition coefficient (Wildman–Crippen LogP) is 0.865. The minimum absolute atomic E-state index is 0.0867. The van der Waals surface area contributed by atoms with E-state index in [9.17, 15) is 9.59 Å². The first-order chi connectivity index (χ1) is 9.20. The van der Waals surface area contributed by atoms with Crippen molar-refractivity contribution in [1.82, 2.24) is 15.2 Å². The summed E-state index contributed by atoms with van der Waals surface area (Å²) in [4.78, 5) is 30.2. The summed E-state index contributed by atoms with van der Waals surface area (Å²) in [6.45, 7) is 4.24. The Kier molecular flexibility index (Phi) is 4.63. The maximum absolute atomic E-state index is 12.1. The van der Waals surface area contributed by atoms with E-state index in [-0.39, 0.29) is 17.7 Å². The van der Waals surface area contributed by atoms with Crippen molar-refractivity contribution >= 4 is 11.7 Å². The van der Waals surface area contributed by atoms with Crippen molar-refractivity contribution < 1.29 is 9.59 Å². The minimum atomic E-state index is -0.383. The quantitative estimate of drug-likeness (QED) is 0.877. The molecule has 5 nitrogen and oxygen atoms in total. The van der Waals surface area contributed by atoms with Crippen molar-refractivity contribution in [3.05, 3.63) is 30.1 Å². The second-order valence-corrected chi connectivity index (χ2v) is 4.72. The van der Waals surface area contributed by atoms with Crippen LogP contribution in [0.25, 0.3) is 0 Å². The normalized spacial score (nSPS) is 20.9. The van der Waals surface area contributed by atoms with Gasteiger partial charge < -0.3 is 5.32 Å². The van der Waals surface area contributed by atoms with E-state index in [0.717, 1.165) is 19.5 Å². The molecule has 0 bridgehead atoms. The number of amides is 1. The molecule has 1 aliphatic heterocycles. The van der Waals surface area contributed by atoms with E-state index in [1.54, 1.807) is 24.4 Å². The molecule has 1 aromatic heterocycles. The molecule has 0 spiro atoms. The van der Waals surface area contributed by atoms with Gasteiger partial charge in [0.15, 0.2) is 5.78 Å². The van der Waals surface area contributed by atoms with Crippen LogP contribution in [0.5, 0.6) is 0 Å². The van der Waals surface area contributed by atoms with E-state index in [1.165, 1.54) is 0 Å². The van der Waals surface area contributed by atoms with Crippen molar-refractivity contribution in [2.24, 2.45) is 0 Å². The van der Waals surface area contributed by atoms with Crippen LogP contribution in [-0.2, 0) is 4.79 Å². The number of pyridine rings is 1. The molecule has 1 aromatic rings. The third-order valence-electron chi connectivity index (χ3n) is 3.39. The lowest BCUT2D eigenvalue weighted by atomic mass is 10.1. The van der Waals surface area contributed by atoms with Crippen molar-refractivity contribution in [3.63, 3.8) is 0 Å². The lowest BCUT2D eigenvalue weighted by Crippen LogP contribution is -2.43. The third kappa shape index (κ3) is 3.61. The zero-order chi connectivity index (χ0) is 13.7. The van der Waals surface area contributed by atoms with Gasteiger partial charge in [-0.05, 0) is 38.1 Å². The van der Waals surface area contributed by atoms with Crippen LogP contribution in [0.4, 0.5) is 0 Å². The number of likely N-dealkylation sites (N-methyl/N-ethyl adjacent to an activating group) is 1. The second kappa shape index (κ2) is 6.43. The van der Waals surface area contributed by atoms with Crippen LogP contribution in [0.3, 0.4) is 0 Å². The molecular weight excluding hydrogens is 242 g/mol. The summed E-state index contributed by atoms with van der Waals surface area (Å²) >= 11 is 0. The van der Waals surface area contributed by atoms with E-state index < -0.39 is 0 Å². The topological polar surface area (TPSA) is 62.3 Å². The molecule has 0 saturated carbocycles. The number of hydrogen-bond donors (Lipinski definition) is 1. The van der Waals surface area contributed by atoms with Crippen LogP contribution in [0.1, 0.15) is 30.3 Å². The maximum Gasteiger partial charge on any atom is 0.270 e. The highest BCUT2D eigenvalue weighted by Gasteiger charge is 2.25. The van der Waals surface area contributed by atoms with E-state index in [0.29, 0.717) is 18.7 Å². The van der Waals surface area contributed by atoms with Crippen molar-refractivity contribution in [2.45, 2.75) is 25.8 Å². The summed E-state index contributed by atoms with van der Waals surface area (Å²) in [7, 11) is 0. The highest BCUT2D eigenvalue weighted by molar-refractivity contribution is 5.97. The van der Waals surface area contributed by atoms with E-state index >= 15 is 0 Å². The number of carbonyl (C=O) groups excluding carboxylic acids is 2. The molecule has 5 heteroatoms. The Morgan fingerprint density at radius 1 is 1.53 bits per heavy atom. The summed E-state index contributed by atoms with van der Waals surface area (Å²) in [5, 5.41) is 2.79. The Labute approximate surface area is 113 Å². The lowest BCUT2D eigenvalue weighted by Gasteiger charge is -2.17. The van der Waals surface area contributed by atoms with E-state index in [1.807, 2.05) is 6.92 Å². The van der Waals surface area contributed by atoms with Crippen molar-refractivity contribution in [1.29, 1.82) is 0 Å². The van der Waals surface area contributed by atoms with Crippen LogP contribution in [0.15, 0.2) is 24.4 Å². The fourth-order valence-electron chi connectivity index (χ4n) is 2.24. The molecule has 0 aromatic carbocycles. The number of hydrogen-bond acceptors (Lipinski definition) is 4. The van der Waals surface area contributed by atoms with Crippen LogP contribution >= 0.6 is 0 Å². The molecular formula is C14H19N3O2. The molecule has 0 radical (unpaired) electrons. The first-order valence-electron chi connectivity index (χ1n) is 6.67. The number of nitrogens with one attached hydrogen (secondary N) is 1. The minimum Gasteiger partial charge on any atom is -0.341 e. The largest absolute Gasteiger partial charge is 0.341 e. The summed E-state index contributed by atoms with van der Waals surface area (Å²) < 4.78 is 0. The molecule has 1 fully saturated rings. The number of carbonyl (C=O) groups is 2. The van der Waals surface area contributed by atoms with Gasteiger partial charge in [0, 0.05) is 6.20 Å². The first kappa shape index (κ1) is 13.7. The van der Waals surface area contributed by atoms with E-state index in [4.69, 9.17) is 0 Å². The zero-order valence-electron chi connectivity index (χ0n) is 11.1. The number of aromatic nitrogens is 1. The highest BCUT2D eigenvalue weighted by atomic mass is 16.2. The van der Waals surface area contributed by atoms with Crippen LogP contribution in [0, 0.1) is 0 Å². The van der Waals surface area contributed by atoms with Gasteiger partial charge in [0.2, 0.25) is 0 Å². The second-order valence-electron chi connectivity index (χ2n) is 4.72. The smallest absolute Gasteiger partial charge is 0.270 e. The molecule has 102 valence electrons. The zero-order valence-corrected chi connectivity index (χ0v) is 11.1. The Morgan fingerprint density at radius 3 is 3.05 bits per heavy atom.